The summed E-state index contributed by atoms with van der Waals surface area (Å²) >= 11 is 6.46. The van der Waals surface area contributed by atoms with Crippen LogP contribution in [-0.2, 0) is 5.60 Å². The molecule has 0 aliphatic carbocycles. The van der Waals surface area contributed by atoms with Crippen molar-refractivity contribution < 1.29 is 13.5 Å². The standard InChI is InChI=1S/C25H15ClF2O/c26-23-15-16-13-14-25(17-5-9-19(27)10-6-17,18-7-11-20(28)12-8-18)29-24(16)22-4-2-1-3-21(22)23/h1-15H. The van der Waals surface area contributed by atoms with Crippen molar-refractivity contribution in [2.45, 2.75) is 5.60 Å². The Morgan fingerprint density at radius 3 is 1.86 bits per heavy atom. The lowest BCUT2D eigenvalue weighted by molar-refractivity contribution is 0.163. The van der Waals surface area contributed by atoms with E-state index in [4.69, 9.17) is 16.3 Å². The van der Waals surface area contributed by atoms with E-state index in [9.17, 15) is 8.78 Å². The van der Waals surface area contributed by atoms with Gasteiger partial charge < -0.3 is 4.74 Å². The van der Waals surface area contributed by atoms with E-state index in [1.165, 1.54) is 24.3 Å². The predicted molar refractivity (Wildman–Crippen MR) is 112 cm³/mol. The molecule has 0 aromatic heterocycles. The van der Waals surface area contributed by atoms with Crippen molar-refractivity contribution in [2.24, 2.45) is 0 Å². The number of ether oxygens (including phenoxy) is 1. The number of fused-ring (bicyclic) bond motifs is 3. The fraction of sp³-hybridized carbons (Fsp3) is 0.0400. The van der Waals surface area contributed by atoms with Crippen LogP contribution in [0.25, 0.3) is 16.8 Å². The molecule has 29 heavy (non-hydrogen) atoms. The molecule has 0 N–H and O–H groups in total. The van der Waals surface area contributed by atoms with Gasteiger partial charge in [0.05, 0.1) is 0 Å². The summed E-state index contributed by atoms with van der Waals surface area (Å²) in [7, 11) is 0. The molecule has 0 amide bonds. The van der Waals surface area contributed by atoms with Gasteiger partial charge in [-0.15, -0.1) is 0 Å². The molecule has 4 aromatic rings. The van der Waals surface area contributed by atoms with Crippen LogP contribution in [-0.4, -0.2) is 0 Å². The summed E-state index contributed by atoms with van der Waals surface area (Å²) in [6.45, 7) is 0. The third-order valence-electron chi connectivity index (χ3n) is 5.28. The predicted octanol–water partition coefficient (Wildman–Crippen LogP) is 7.12. The monoisotopic (exact) mass is 404 g/mol. The Balaban J connectivity index is 1.78. The van der Waals surface area contributed by atoms with Crippen LogP contribution >= 0.6 is 11.6 Å². The third kappa shape index (κ3) is 2.90. The van der Waals surface area contributed by atoms with Gasteiger partial charge in [0.2, 0.25) is 0 Å². The molecule has 0 unspecified atom stereocenters. The molecular weight excluding hydrogens is 390 g/mol. The van der Waals surface area contributed by atoms with Crippen molar-refractivity contribution in [3.05, 3.63) is 118 Å². The van der Waals surface area contributed by atoms with E-state index in [1.54, 1.807) is 24.3 Å². The molecular formula is C25H15ClF2O. The summed E-state index contributed by atoms with van der Waals surface area (Å²) < 4.78 is 33.9. The van der Waals surface area contributed by atoms with Crippen LogP contribution in [0.1, 0.15) is 16.7 Å². The lowest BCUT2D eigenvalue weighted by Crippen LogP contribution is -2.34. The van der Waals surface area contributed by atoms with Gasteiger partial charge in [0, 0.05) is 32.5 Å². The van der Waals surface area contributed by atoms with Gasteiger partial charge in [0.15, 0.2) is 5.60 Å². The van der Waals surface area contributed by atoms with Crippen LogP contribution in [0, 0.1) is 11.6 Å². The summed E-state index contributed by atoms with van der Waals surface area (Å²) in [6.07, 6.45) is 3.85. The van der Waals surface area contributed by atoms with E-state index in [0.717, 1.165) is 27.5 Å². The quantitative estimate of drug-likeness (QED) is 0.345. The summed E-state index contributed by atoms with van der Waals surface area (Å²) in [5.74, 6) is 0.0157. The molecule has 0 spiro atoms. The minimum Gasteiger partial charge on any atom is -0.472 e. The Hall–Kier alpha value is -3.17. The van der Waals surface area contributed by atoms with Crippen molar-refractivity contribution >= 4 is 28.4 Å². The highest BCUT2D eigenvalue weighted by molar-refractivity contribution is 6.36. The number of hydrogen-bond acceptors (Lipinski definition) is 1. The number of benzene rings is 4. The molecule has 4 heteroatoms. The van der Waals surface area contributed by atoms with Gasteiger partial charge in [-0.1, -0.05) is 66.2 Å². The van der Waals surface area contributed by atoms with E-state index < -0.39 is 5.60 Å². The topological polar surface area (TPSA) is 9.23 Å². The highest BCUT2D eigenvalue weighted by atomic mass is 35.5. The minimum atomic E-state index is -1.02. The lowest BCUT2D eigenvalue weighted by Gasteiger charge is -2.36. The normalized spacial score (nSPS) is 14.4. The minimum absolute atomic E-state index is 0.333. The second kappa shape index (κ2) is 6.71. The van der Waals surface area contributed by atoms with Crippen LogP contribution in [0.2, 0.25) is 5.02 Å². The van der Waals surface area contributed by atoms with Crippen LogP contribution in [0.15, 0.2) is 84.9 Å². The molecule has 1 nitrogen and oxygen atoms in total. The molecule has 1 aliphatic heterocycles. The third-order valence-corrected chi connectivity index (χ3v) is 5.59. The Kier molecular flexibility index (Phi) is 4.14. The van der Waals surface area contributed by atoms with Gasteiger partial charge in [0.25, 0.3) is 0 Å². The highest BCUT2D eigenvalue weighted by Crippen LogP contribution is 2.46. The Labute approximate surface area is 171 Å². The van der Waals surface area contributed by atoms with Gasteiger partial charge in [-0.25, -0.2) is 8.78 Å². The molecule has 0 fully saturated rings. The van der Waals surface area contributed by atoms with Gasteiger partial charge in [-0.3, -0.25) is 0 Å². The van der Waals surface area contributed by atoms with E-state index in [2.05, 4.69) is 0 Å². The Morgan fingerprint density at radius 2 is 1.28 bits per heavy atom. The molecule has 0 saturated carbocycles. The zero-order valence-electron chi connectivity index (χ0n) is 15.2. The first kappa shape index (κ1) is 17.9. The second-order valence-corrected chi connectivity index (χ2v) is 7.41. The number of rotatable bonds is 2. The summed E-state index contributed by atoms with van der Waals surface area (Å²) in [5, 5.41) is 2.41. The van der Waals surface area contributed by atoms with Gasteiger partial charge in [0.1, 0.15) is 17.4 Å². The Bertz CT molecular complexity index is 1200. The maximum absolute atomic E-state index is 13.6. The average Bonchev–Trinajstić information content (AvgIpc) is 2.75. The molecule has 0 atom stereocenters. The lowest BCUT2D eigenvalue weighted by atomic mass is 9.83. The van der Waals surface area contributed by atoms with Gasteiger partial charge in [-0.05, 0) is 36.4 Å². The molecule has 0 saturated heterocycles. The SMILES string of the molecule is Fc1ccc(C2(c3ccc(F)cc3)C=Cc3cc(Cl)c4ccccc4c3O2)cc1. The number of hydrogen-bond donors (Lipinski definition) is 0. The molecule has 0 bridgehead atoms. The van der Waals surface area contributed by atoms with E-state index in [1.807, 2.05) is 42.5 Å². The fourth-order valence-electron chi connectivity index (χ4n) is 3.84. The van der Waals surface area contributed by atoms with Crippen LogP contribution < -0.4 is 4.74 Å². The van der Waals surface area contributed by atoms with E-state index in [0.29, 0.717) is 10.8 Å². The number of halogens is 3. The molecule has 4 aromatic carbocycles. The van der Waals surface area contributed by atoms with E-state index >= 15 is 0 Å². The maximum Gasteiger partial charge on any atom is 0.178 e. The smallest absolute Gasteiger partial charge is 0.178 e. The second-order valence-electron chi connectivity index (χ2n) is 7.01. The van der Waals surface area contributed by atoms with Crippen molar-refractivity contribution in [1.29, 1.82) is 0 Å². The summed E-state index contributed by atoms with van der Waals surface area (Å²) in [4.78, 5) is 0. The zero-order chi connectivity index (χ0) is 20.0. The largest absolute Gasteiger partial charge is 0.472 e. The van der Waals surface area contributed by atoms with Crippen molar-refractivity contribution in [3.63, 3.8) is 0 Å². The van der Waals surface area contributed by atoms with Crippen molar-refractivity contribution in [3.8, 4) is 5.75 Å². The van der Waals surface area contributed by atoms with Crippen molar-refractivity contribution in [2.75, 3.05) is 0 Å². The molecule has 1 heterocycles. The van der Waals surface area contributed by atoms with Crippen molar-refractivity contribution in [1.82, 2.24) is 0 Å². The summed E-state index contributed by atoms with van der Waals surface area (Å²) in [6, 6.07) is 22.0. The molecule has 0 radical (unpaired) electrons. The molecule has 1 aliphatic rings. The van der Waals surface area contributed by atoms with Crippen LogP contribution in [0.4, 0.5) is 8.78 Å². The van der Waals surface area contributed by atoms with Gasteiger partial charge in [-0.2, -0.15) is 0 Å². The fourth-order valence-corrected chi connectivity index (χ4v) is 4.12. The Morgan fingerprint density at radius 1 is 0.724 bits per heavy atom. The molecule has 142 valence electrons. The maximum atomic E-state index is 13.6. The van der Waals surface area contributed by atoms with Crippen LogP contribution in [0.3, 0.4) is 0 Å². The average molecular weight is 405 g/mol. The first-order valence-corrected chi connectivity index (χ1v) is 9.56. The highest BCUT2D eigenvalue weighted by Gasteiger charge is 2.38. The molecule has 5 rings (SSSR count). The van der Waals surface area contributed by atoms with Crippen LogP contribution in [0.5, 0.6) is 5.75 Å². The van der Waals surface area contributed by atoms with Gasteiger partial charge >= 0.3 is 0 Å². The zero-order valence-corrected chi connectivity index (χ0v) is 16.0. The van der Waals surface area contributed by atoms with E-state index in [-0.39, 0.29) is 11.6 Å². The summed E-state index contributed by atoms with van der Waals surface area (Å²) in [5.41, 5.74) is 1.32. The first-order valence-electron chi connectivity index (χ1n) is 9.18. The first-order chi connectivity index (χ1) is 14.1.